The van der Waals surface area contributed by atoms with Crippen LogP contribution in [0.15, 0.2) is 12.4 Å². The van der Waals surface area contributed by atoms with E-state index in [9.17, 15) is 4.79 Å². The van der Waals surface area contributed by atoms with Gasteiger partial charge in [-0.1, -0.05) is 20.8 Å². The highest BCUT2D eigenvalue weighted by atomic mass is 16.5. The predicted octanol–water partition coefficient (Wildman–Crippen LogP) is 1.74. The molecular weight excluding hydrogens is 192 g/mol. The molecule has 4 nitrogen and oxygen atoms in total. The zero-order valence-electron chi connectivity index (χ0n) is 9.57. The van der Waals surface area contributed by atoms with Crippen molar-refractivity contribution in [3.63, 3.8) is 0 Å². The summed E-state index contributed by atoms with van der Waals surface area (Å²) in [5, 5.41) is 0. The third-order valence-electron chi connectivity index (χ3n) is 1.74. The number of nitrogens with zero attached hydrogens (tertiary/aromatic N) is 2. The van der Waals surface area contributed by atoms with Gasteiger partial charge in [-0.15, -0.1) is 0 Å². The molecule has 1 aromatic rings. The summed E-state index contributed by atoms with van der Waals surface area (Å²) < 4.78 is 5.16. The first-order chi connectivity index (χ1) is 6.89. The van der Waals surface area contributed by atoms with Gasteiger partial charge in [-0.2, -0.15) is 0 Å². The Labute approximate surface area is 89.7 Å². The van der Waals surface area contributed by atoms with Gasteiger partial charge in [0.25, 0.3) is 0 Å². The van der Waals surface area contributed by atoms with Crippen LogP contribution >= 0.6 is 0 Å². The summed E-state index contributed by atoms with van der Waals surface area (Å²) in [5.41, 5.74) is -0.0703. The van der Waals surface area contributed by atoms with Crippen molar-refractivity contribution in [2.45, 2.75) is 33.1 Å². The topological polar surface area (TPSA) is 52.1 Å². The van der Waals surface area contributed by atoms with E-state index in [-0.39, 0.29) is 17.8 Å². The largest absolute Gasteiger partial charge is 0.483 e. The lowest BCUT2D eigenvalue weighted by atomic mass is 9.96. The Hall–Kier alpha value is -1.45. The molecule has 0 fully saturated rings. The predicted molar refractivity (Wildman–Crippen MR) is 56.9 cm³/mol. The smallest absolute Gasteiger partial charge is 0.167 e. The highest BCUT2D eigenvalue weighted by Crippen LogP contribution is 2.18. The summed E-state index contributed by atoms with van der Waals surface area (Å²) in [7, 11) is 0. The van der Waals surface area contributed by atoms with E-state index in [1.807, 2.05) is 20.8 Å². The van der Waals surface area contributed by atoms with Crippen LogP contribution in [0.5, 0.6) is 5.75 Å². The monoisotopic (exact) mass is 208 g/mol. The summed E-state index contributed by atoms with van der Waals surface area (Å²) in [6.45, 7) is 7.66. The van der Waals surface area contributed by atoms with E-state index in [0.717, 1.165) is 5.82 Å². The molecule has 1 aromatic heterocycles. The Morgan fingerprint density at radius 1 is 1.33 bits per heavy atom. The molecule has 0 saturated carbocycles. The second-order valence-electron chi connectivity index (χ2n) is 4.48. The molecule has 15 heavy (non-hydrogen) atoms. The lowest BCUT2D eigenvalue weighted by molar-refractivity contribution is -0.118. The molecule has 0 aliphatic rings. The van der Waals surface area contributed by atoms with Crippen molar-refractivity contribution in [2.75, 3.05) is 6.61 Å². The van der Waals surface area contributed by atoms with Gasteiger partial charge in [-0.05, 0) is 6.92 Å². The second-order valence-corrected chi connectivity index (χ2v) is 4.48. The minimum absolute atomic E-state index is 0.0186. The van der Waals surface area contributed by atoms with E-state index >= 15 is 0 Å². The SMILES string of the molecule is CC(=O)COc1cnc(C(C)(C)C)nc1. The highest BCUT2D eigenvalue weighted by molar-refractivity contribution is 5.77. The van der Waals surface area contributed by atoms with Crippen LogP contribution in [0.25, 0.3) is 0 Å². The molecule has 0 aromatic carbocycles. The van der Waals surface area contributed by atoms with E-state index in [1.54, 1.807) is 12.4 Å². The molecule has 4 heteroatoms. The molecule has 0 saturated heterocycles. The number of aromatic nitrogens is 2. The van der Waals surface area contributed by atoms with Crippen molar-refractivity contribution in [3.8, 4) is 5.75 Å². The van der Waals surface area contributed by atoms with Crippen LogP contribution in [0.3, 0.4) is 0 Å². The van der Waals surface area contributed by atoms with Crippen molar-refractivity contribution in [3.05, 3.63) is 18.2 Å². The first kappa shape index (κ1) is 11.6. The third-order valence-corrected chi connectivity index (χ3v) is 1.74. The van der Waals surface area contributed by atoms with Crippen LogP contribution in [-0.2, 0) is 10.2 Å². The van der Waals surface area contributed by atoms with Gasteiger partial charge in [0.2, 0.25) is 0 Å². The average molecular weight is 208 g/mol. The minimum atomic E-state index is -0.0703. The van der Waals surface area contributed by atoms with E-state index in [1.165, 1.54) is 6.92 Å². The molecule has 0 atom stereocenters. The van der Waals surface area contributed by atoms with E-state index in [2.05, 4.69) is 9.97 Å². The Balaban J connectivity index is 2.69. The maximum absolute atomic E-state index is 10.7. The summed E-state index contributed by atoms with van der Waals surface area (Å²) in [6.07, 6.45) is 3.19. The normalized spacial score (nSPS) is 11.2. The van der Waals surface area contributed by atoms with Crippen LogP contribution in [0.2, 0.25) is 0 Å². The summed E-state index contributed by atoms with van der Waals surface area (Å²) in [4.78, 5) is 19.0. The molecule has 0 amide bonds. The zero-order valence-corrected chi connectivity index (χ0v) is 9.57. The number of ketones is 1. The summed E-state index contributed by atoms with van der Waals surface area (Å²) in [6, 6.07) is 0. The lowest BCUT2D eigenvalue weighted by Gasteiger charge is -2.15. The molecule has 0 N–H and O–H groups in total. The summed E-state index contributed by atoms with van der Waals surface area (Å²) in [5.74, 6) is 1.27. The standard InChI is InChI=1S/C11H16N2O2/c1-8(14)7-15-9-5-12-10(13-6-9)11(2,3)4/h5-6H,7H2,1-4H3. The molecular formula is C11H16N2O2. The number of ether oxygens (including phenoxy) is 1. The molecule has 0 unspecified atom stereocenters. The molecule has 0 radical (unpaired) electrons. The fourth-order valence-electron chi connectivity index (χ4n) is 0.963. The number of Topliss-reactive ketones (excluding diaryl/α,β-unsaturated/α-hetero) is 1. The van der Waals surface area contributed by atoms with Crippen LogP contribution in [0, 0.1) is 0 Å². The van der Waals surface area contributed by atoms with E-state index in [0.29, 0.717) is 5.75 Å². The van der Waals surface area contributed by atoms with Crippen LogP contribution in [-0.4, -0.2) is 22.4 Å². The molecule has 82 valence electrons. The van der Waals surface area contributed by atoms with Crippen LogP contribution in [0.1, 0.15) is 33.5 Å². The van der Waals surface area contributed by atoms with Crippen molar-refractivity contribution in [1.82, 2.24) is 9.97 Å². The number of hydrogen-bond donors (Lipinski definition) is 0. The van der Waals surface area contributed by atoms with Gasteiger partial charge in [0, 0.05) is 5.41 Å². The van der Waals surface area contributed by atoms with E-state index < -0.39 is 0 Å². The Bertz CT molecular complexity index is 339. The maximum atomic E-state index is 10.7. The van der Waals surface area contributed by atoms with Gasteiger partial charge in [0.05, 0.1) is 12.4 Å². The van der Waals surface area contributed by atoms with E-state index in [4.69, 9.17) is 4.74 Å². The molecule has 0 bridgehead atoms. The number of carbonyl (C=O) groups is 1. The van der Waals surface area contributed by atoms with Gasteiger partial charge < -0.3 is 4.74 Å². The van der Waals surface area contributed by atoms with Gasteiger partial charge in [0.15, 0.2) is 11.5 Å². The van der Waals surface area contributed by atoms with Crippen molar-refractivity contribution in [2.24, 2.45) is 0 Å². The molecule has 0 aliphatic carbocycles. The Morgan fingerprint density at radius 2 is 1.87 bits per heavy atom. The Kier molecular flexibility index (Phi) is 3.39. The molecule has 0 aliphatic heterocycles. The fraction of sp³-hybridized carbons (Fsp3) is 0.545. The number of hydrogen-bond acceptors (Lipinski definition) is 4. The van der Waals surface area contributed by atoms with Crippen molar-refractivity contribution in [1.29, 1.82) is 0 Å². The first-order valence-corrected chi connectivity index (χ1v) is 4.84. The third kappa shape index (κ3) is 3.65. The second kappa shape index (κ2) is 4.38. The molecule has 1 heterocycles. The fourth-order valence-corrected chi connectivity index (χ4v) is 0.963. The van der Waals surface area contributed by atoms with Gasteiger partial charge in [-0.3, -0.25) is 4.79 Å². The van der Waals surface area contributed by atoms with Gasteiger partial charge >= 0.3 is 0 Å². The van der Waals surface area contributed by atoms with Crippen LogP contribution < -0.4 is 4.74 Å². The van der Waals surface area contributed by atoms with Crippen molar-refractivity contribution < 1.29 is 9.53 Å². The quantitative estimate of drug-likeness (QED) is 0.759. The lowest BCUT2D eigenvalue weighted by Crippen LogP contribution is -2.16. The maximum Gasteiger partial charge on any atom is 0.167 e. The average Bonchev–Trinajstić information content (AvgIpc) is 2.14. The number of carbonyl (C=O) groups excluding carboxylic acids is 1. The first-order valence-electron chi connectivity index (χ1n) is 4.84. The number of rotatable bonds is 3. The van der Waals surface area contributed by atoms with Crippen molar-refractivity contribution >= 4 is 5.78 Å². The minimum Gasteiger partial charge on any atom is -0.483 e. The van der Waals surface area contributed by atoms with Gasteiger partial charge in [0.1, 0.15) is 12.4 Å². The summed E-state index contributed by atoms with van der Waals surface area (Å²) >= 11 is 0. The molecule has 0 spiro atoms. The zero-order chi connectivity index (χ0) is 11.5. The molecule has 1 rings (SSSR count). The van der Waals surface area contributed by atoms with Gasteiger partial charge in [-0.25, -0.2) is 9.97 Å². The highest BCUT2D eigenvalue weighted by Gasteiger charge is 2.16. The Morgan fingerprint density at radius 3 is 2.27 bits per heavy atom. The van der Waals surface area contributed by atoms with Crippen LogP contribution in [0.4, 0.5) is 0 Å².